The zero-order valence-electron chi connectivity index (χ0n) is 12.6. The van der Waals surface area contributed by atoms with Gasteiger partial charge in [-0.05, 0) is 42.5 Å². The topological polar surface area (TPSA) is 86.4 Å². The van der Waals surface area contributed by atoms with Crippen LogP contribution in [0.5, 0.6) is 0 Å². The molecule has 4 N–H and O–H groups in total. The summed E-state index contributed by atoms with van der Waals surface area (Å²) >= 11 is 0. The van der Waals surface area contributed by atoms with E-state index in [1.54, 1.807) is 0 Å². The van der Waals surface area contributed by atoms with Gasteiger partial charge in [-0.1, -0.05) is 13.8 Å². The molecule has 0 aliphatic heterocycles. The van der Waals surface area contributed by atoms with Gasteiger partial charge in [0.15, 0.2) is 0 Å². The van der Waals surface area contributed by atoms with Crippen LogP contribution < -0.4 is 11.5 Å². The lowest BCUT2D eigenvalue weighted by atomic mass is 9.86. The highest BCUT2D eigenvalue weighted by Crippen LogP contribution is 2.41. The Hall–Kier alpha value is -1.88. The molecule has 0 spiro atoms. The van der Waals surface area contributed by atoms with Crippen molar-refractivity contribution in [1.82, 2.24) is 9.61 Å². The number of carbonyl (C=O) groups is 1. The van der Waals surface area contributed by atoms with Crippen LogP contribution in [0.1, 0.15) is 49.6 Å². The number of hydrogen-bond donors (Lipinski definition) is 2. The van der Waals surface area contributed by atoms with E-state index in [9.17, 15) is 4.79 Å². The minimum absolute atomic E-state index is 0.293. The molecule has 0 radical (unpaired) electrons. The fourth-order valence-electron chi connectivity index (χ4n) is 2.66. The van der Waals surface area contributed by atoms with Crippen molar-refractivity contribution in [1.29, 1.82) is 0 Å². The average Bonchev–Trinajstić information content (AvgIpc) is 3.17. The number of nitrogens with two attached hydrogens (primary N) is 2. The van der Waals surface area contributed by atoms with Gasteiger partial charge in [-0.2, -0.15) is 5.10 Å². The maximum Gasteiger partial charge on any atom is 0.223 e. The van der Waals surface area contributed by atoms with E-state index in [-0.39, 0.29) is 5.91 Å². The molecule has 112 valence electrons. The van der Waals surface area contributed by atoms with E-state index < -0.39 is 5.41 Å². The van der Waals surface area contributed by atoms with Crippen LogP contribution in [-0.4, -0.2) is 15.5 Å². The zero-order chi connectivity index (χ0) is 15.2. The Morgan fingerprint density at radius 2 is 2.10 bits per heavy atom. The first-order valence-corrected chi connectivity index (χ1v) is 7.42. The largest absolute Gasteiger partial charge is 0.369 e. The molecule has 1 amide bonds. The molecule has 3 rings (SSSR count). The van der Waals surface area contributed by atoms with Crippen molar-refractivity contribution in [3.63, 3.8) is 0 Å². The molecule has 0 unspecified atom stereocenters. The molecule has 21 heavy (non-hydrogen) atoms. The van der Waals surface area contributed by atoms with Crippen LogP contribution >= 0.6 is 0 Å². The predicted molar refractivity (Wildman–Crippen MR) is 81.7 cm³/mol. The minimum atomic E-state index is -0.593. The fraction of sp³-hybridized carbons (Fsp3) is 0.500. The van der Waals surface area contributed by atoms with E-state index in [0.717, 1.165) is 16.9 Å². The van der Waals surface area contributed by atoms with Crippen molar-refractivity contribution in [2.75, 3.05) is 0 Å². The molecule has 1 aliphatic rings. The van der Waals surface area contributed by atoms with E-state index in [0.29, 0.717) is 18.9 Å². The summed E-state index contributed by atoms with van der Waals surface area (Å²) in [4.78, 5) is 11.6. The van der Waals surface area contributed by atoms with Crippen molar-refractivity contribution < 1.29 is 4.79 Å². The second-order valence-electron chi connectivity index (χ2n) is 6.66. The molecule has 5 nitrogen and oxygen atoms in total. The summed E-state index contributed by atoms with van der Waals surface area (Å²) < 4.78 is 1.90. The number of aromatic nitrogens is 2. The number of fused-ring (bicyclic) bond motifs is 1. The lowest BCUT2D eigenvalue weighted by Gasteiger charge is -2.21. The van der Waals surface area contributed by atoms with E-state index in [4.69, 9.17) is 11.5 Å². The average molecular weight is 286 g/mol. The van der Waals surface area contributed by atoms with Gasteiger partial charge in [0.05, 0.1) is 11.2 Å². The highest BCUT2D eigenvalue weighted by atomic mass is 16.1. The summed E-state index contributed by atoms with van der Waals surface area (Å²) in [5.41, 5.74) is 14.9. The Morgan fingerprint density at radius 3 is 2.67 bits per heavy atom. The van der Waals surface area contributed by atoms with Gasteiger partial charge in [0.2, 0.25) is 5.91 Å². The molecular weight excluding hydrogens is 264 g/mol. The van der Waals surface area contributed by atoms with Crippen LogP contribution in [0.25, 0.3) is 5.52 Å². The third-order valence-corrected chi connectivity index (χ3v) is 4.26. The van der Waals surface area contributed by atoms with Crippen molar-refractivity contribution in [2.24, 2.45) is 16.9 Å². The Bertz CT molecular complexity index is 698. The van der Waals surface area contributed by atoms with Gasteiger partial charge in [0, 0.05) is 24.1 Å². The molecule has 1 saturated carbocycles. The summed E-state index contributed by atoms with van der Waals surface area (Å²) in [5, 5.41) is 4.54. The molecule has 0 bridgehead atoms. The molecule has 2 aromatic rings. The first-order chi connectivity index (χ1) is 9.90. The third-order valence-electron chi connectivity index (χ3n) is 4.26. The molecule has 2 aromatic heterocycles. The standard InChI is InChI=1S/C16H22N4O/c1-16(2,15(18)21)8-14-6-11(10-3-4-10)5-13-7-12(9-17)19-20(13)14/h5-7,10H,3-4,8-9,17H2,1-2H3,(H2,18,21). The van der Waals surface area contributed by atoms with E-state index >= 15 is 0 Å². The molecule has 0 aromatic carbocycles. The van der Waals surface area contributed by atoms with Crippen molar-refractivity contribution in [3.05, 3.63) is 35.2 Å². The maximum absolute atomic E-state index is 11.6. The van der Waals surface area contributed by atoms with Gasteiger partial charge >= 0.3 is 0 Å². The van der Waals surface area contributed by atoms with Gasteiger partial charge < -0.3 is 11.5 Å². The number of nitrogens with zero attached hydrogens (tertiary/aromatic N) is 2. The molecule has 1 fully saturated rings. The Kier molecular flexibility index (Phi) is 3.24. The van der Waals surface area contributed by atoms with E-state index in [1.807, 2.05) is 24.4 Å². The second-order valence-corrected chi connectivity index (χ2v) is 6.66. The summed E-state index contributed by atoms with van der Waals surface area (Å²) in [5.74, 6) is 0.361. The lowest BCUT2D eigenvalue weighted by molar-refractivity contribution is -0.125. The molecule has 5 heteroatoms. The molecular formula is C16H22N4O. The number of carbonyl (C=O) groups excluding carboxylic acids is 1. The number of hydrogen-bond acceptors (Lipinski definition) is 3. The molecule has 0 saturated heterocycles. The summed E-state index contributed by atoms with van der Waals surface area (Å²) in [6, 6.07) is 6.37. The van der Waals surface area contributed by atoms with Crippen LogP contribution in [0.15, 0.2) is 18.2 Å². The molecule has 2 heterocycles. The number of amides is 1. The van der Waals surface area contributed by atoms with E-state index in [1.165, 1.54) is 18.4 Å². The van der Waals surface area contributed by atoms with Crippen molar-refractivity contribution in [2.45, 2.75) is 45.6 Å². The van der Waals surface area contributed by atoms with Gasteiger partial charge in [0.25, 0.3) is 0 Å². The first-order valence-electron chi connectivity index (χ1n) is 7.42. The van der Waals surface area contributed by atoms with Crippen LogP contribution in [-0.2, 0) is 17.8 Å². The molecule has 1 aliphatic carbocycles. The SMILES string of the molecule is CC(C)(Cc1cc(C2CC2)cc2cc(CN)nn12)C(N)=O. The quantitative estimate of drug-likeness (QED) is 0.877. The monoisotopic (exact) mass is 286 g/mol. The maximum atomic E-state index is 11.6. The minimum Gasteiger partial charge on any atom is -0.369 e. The van der Waals surface area contributed by atoms with Gasteiger partial charge in [-0.3, -0.25) is 4.79 Å². The van der Waals surface area contributed by atoms with Crippen LogP contribution in [0.3, 0.4) is 0 Å². The third kappa shape index (κ3) is 2.65. The van der Waals surface area contributed by atoms with Crippen LogP contribution in [0.2, 0.25) is 0 Å². The number of pyridine rings is 1. The van der Waals surface area contributed by atoms with Gasteiger partial charge in [0.1, 0.15) is 0 Å². The first kappa shape index (κ1) is 14.1. The smallest absolute Gasteiger partial charge is 0.223 e. The van der Waals surface area contributed by atoms with Crippen LogP contribution in [0, 0.1) is 5.41 Å². The zero-order valence-corrected chi connectivity index (χ0v) is 12.6. The van der Waals surface area contributed by atoms with Gasteiger partial charge in [-0.15, -0.1) is 0 Å². The Balaban J connectivity index is 2.09. The fourth-order valence-corrected chi connectivity index (χ4v) is 2.66. The second kappa shape index (κ2) is 4.84. The highest BCUT2D eigenvalue weighted by Gasteiger charge is 2.29. The summed E-state index contributed by atoms with van der Waals surface area (Å²) in [6.07, 6.45) is 3.06. The van der Waals surface area contributed by atoms with Crippen LogP contribution in [0.4, 0.5) is 0 Å². The van der Waals surface area contributed by atoms with Gasteiger partial charge in [-0.25, -0.2) is 4.52 Å². The number of rotatable bonds is 5. The van der Waals surface area contributed by atoms with Crippen molar-refractivity contribution >= 4 is 11.4 Å². The van der Waals surface area contributed by atoms with E-state index in [2.05, 4.69) is 17.2 Å². The summed E-state index contributed by atoms with van der Waals surface area (Å²) in [7, 11) is 0. The molecule has 0 atom stereocenters. The van der Waals surface area contributed by atoms with Crippen molar-refractivity contribution in [3.8, 4) is 0 Å². The Labute approximate surface area is 124 Å². The highest BCUT2D eigenvalue weighted by molar-refractivity contribution is 5.80. The summed E-state index contributed by atoms with van der Waals surface area (Å²) in [6.45, 7) is 4.16. The lowest BCUT2D eigenvalue weighted by Crippen LogP contribution is -2.34. The normalized spacial score (nSPS) is 15.6. The predicted octanol–water partition coefficient (Wildman–Crippen LogP) is 1.72. The Morgan fingerprint density at radius 1 is 1.38 bits per heavy atom. The number of primary amides is 1.